The van der Waals surface area contributed by atoms with Crippen LogP contribution in [0, 0.1) is 5.82 Å². The zero-order valence-electron chi connectivity index (χ0n) is 8.02. The summed E-state index contributed by atoms with van der Waals surface area (Å²) in [5.41, 5.74) is 5.22. The molecule has 4 nitrogen and oxygen atoms in total. The Hall–Kier alpha value is -0.980. The van der Waals surface area contributed by atoms with Crippen molar-refractivity contribution < 1.29 is 18.5 Å². The number of hydrogen-bond acceptors (Lipinski definition) is 3. The van der Waals surface area contributed by atoms with Gasteiger partial charge in [0.15, 0.2) is 0 Å². The minimum absolute atomic E-state index is 0.158. The summed E-state index contributed by atoms with van der Waals surface area (Å²) in [5.74, 6) is -2.09. The molecule has 0 amide bonds. The Morgan fingerprint density at radius 2 is 2.25 bits per heavy atom. The van der Waals surface area contributed by atoms with Gasteiger partial charge in [0.2, 0.25) is 0 Å². The summed E-state index contributed by atoms with van der Waals surface area (Å²) < 4.78 is 24.4. The van der Waals surface area contributed by atoms with Crippen LogP contribution in [0.15, 0.2) is 23.1 Å². The van der Waals surface area contributed by atoms with Crippen molar-refractivity contribution in [1.29, 1.82) is 0 Å². The number of carboxylic acid groups (broad SMARTS) is 1. The zero-order chi connectivity index (χ0) is 12.3. The van der Waals surface area contributed by atoms with E-state index in [9.17, 15) is 13.4 Å². The van der Waals surface area contributed by atoms with Crippen LogP contribution in [0.3, 0.4) is 0 Å². The predicted molar refractivity (Wildman–Crippen MR) is 58.3 cm³/mol. The van der Waals surface area contributed by atoms with Crippen molar-refractivity contribution in [3.8, 4) is 0 Å². The molecule has 0 aliphatic rings. The van der Waals surface area contributed by atoms with Gasteiger partial charge in [0.05, 0.1) is 21.6 Å². The summed E-state index contributed by atoms with van der Waals surface area (Å²) in [5, 5.41) is 8.37. The number of nitrogens with two attached hydrogens (primary N) is 1. The van der Waals surface area contributed by atoms with Gasteiger partial charge in [0, 0.05) is 4.90 Å². The summed E-state index contributed by atoms with van der Waals surface area (Å²) in [7, 11) is -1.61. The molecule has 0 saturated carbocycles. The van der Waals surface area contributed by atoms with E-state index < -0.39 is 28.6 Å². The van der Waals surface area contributed by atoms with Crippen LogP contribution >= 0.6 is 11.6 Å². The predicted octanol–water partition coefficient (Wildman–Crippen LogP) is 0.999. The molecule has 88 valence electrons. The second-order valence-corrected chi connectivity index (χ2v) is 4.94. The van der Waals surface area contributed by atoms with Crippen molar-refractivity contribution in [2.45, 2.75) is 10.9 Å². The largest absolute Gasteiger partial charge is 0.480 e. The van der Waals surface area contributed by atoms with E-state index in [0.717, 1.165) is 6.07 Å². The number of hydrogen-bond donors (Lipinski definition) is 2. The summed E-state index contributed by atoms with van der Waals surface area (Å²) in [6.45, 7) is 0. The van der Waals surface area contributed by atoms with Crippen molar-refractivity contribution in [2.24, 2.45) is 5.73 Å². The van der Waals surface area contributed by atoms with Gasteiger partial charge in [-0.2, -0.15) is 0 Å². The van der Waals surface area contributed by atoms with E-state index in [-0.39, 0.29) is 15.7 Å². The minimum Gasteiger partial charge on any atom is -0.480 e. The van der Waals surface area contributed by atoms with Gasteiger partial charge in [-0.05, 0) is 18.2 Å². The Labute approximate surface area is 98.7 Å². The van der Waals surface area contributed by atoms with Crippen molar-refractivity contribution in [3.05, 3.63) is 29.0 Å². The second kappa shape index (κ2) is 5.38. The van der Waals surface area contributed by atoms with Gasteiger partial charge in [0.1, 0.15) is 11.9 Å². The molecule has 0 heterocycles. The average molecular weight is 266 g/mol. The summed E-state index contributed by atoms with van der Waals surface area (Å²) in [6.07, 6.45) is 0. The van der Waals surface area contributed by atoms with Crippen LogP contribution in [0.5, 0.6) is 0 Å². The molecule has 2 unspecified atom stereocenters. The number of aliphatic carboxylic acids is 1. The first kappa shape index (κ1) is 13.1. The van der Waals surface area contributed by atoms with E-state index in [0.29, 0.717) is 0 Å². The zero-order valence-corrected chi connectivity index (χ0v) is 9.59. The minimum atomic E-state index is -1.61. The maximum atomic E-state index is 12.8. The van der Waals surface area contributed by atoms with Crippen LogP contribution in [-0.2, 0) is 15.6 Å². The number of carboxylic acids is 1. The van der Waals surface area contributed by atoms with E-state index in [2.05, 4.69) is 0 Å². The Kier molecular flexibility index (Phi) is 4.40. The highest BCUT2D eigenvalue weighted by atomic mass is 35.5. The number of carbonyl (C=O) groups is 1. The fourth-order valence-electron chi connectivity index (χ4n) is 0.949. The highest BCUT2D eigenvalue weighted by Crippen LogP contribution is 2.18. The topological polar surface area (TPSA) is 80.4 Å². The van der Waals surface area contributed by atoms with Gasteiger partial charge in [-0.3, -0.25) is 9.00 Å². The molecule has 16 heavy (non-hydrogen) atoms. The lowest BCUT2D eigenvalue weighted by molar-refractivity contribution is -0.137. The lowest BCUT2D eigenvalue weighted by Crippen LogP contribution is -2.35. The summed E-state index contributed by atoms with van der Waals surface area (Å²) in [4.78, 5) is 10.7. The van der Waals surface area contributed by atoms with Gasteiger partial charge in [0.25, 0.3) is 0 Å². The van der Waals surface area contributed by atoms with Crippen LogP contribution in [-0.4, -0.2) is 27.1 Å². The highest BCUT2D eigenvalue weighted by Gasteiger charge is 2.17. The third-order valence-electron chi connectivity index (χ3n) is 1.80. The standard InChI is InChI=1S/C9H9ClFNO3S/c10-6-3-5(1-2-7(6)11)16(15)4-8(12)9(13)14/h1-3,8H,4,12H2,(H,13,14). The van der Waals surface area contributed by atoms with Crippen molar-refractivity contribution in [2.75, 3.05) is 5.75 Å². The highest BCUT2D eigenvalue weighted by molar-refractivity contribution is 7.85. The summed E-state index contributed by atoms with van der Waals surface area (Å²) >= 11 is 5.50. The molecule has 0 bridgehead atoms. The van der Waals surface area contributed by atoms with Gasteiger partial charge < -0.3 is 10.8 Å². The first-order valence-electron chi connectivity index (χ1n) is 4.23. The Bertz CT molecular complexity index is 441. The van der Waals surface area contributed by atoms with Gasteiger partial charge in [-0.1, -0.05) is 11.6 Å². The first-order chi connectivity index (χ1) is 7.41. The van der Waals surface area contributed by atoms with Crippen LogP contribution < -0.4 is 5.73 Å². The quantitative estimate of drug-likeness (QED) is 0.851. The van der Waals surface area contributed by atoms with E-state index in [1.165, 1.54) is 12.1 Å². The van der Waals surface area contributed by atoms with Crippen molar-refractivity contribution in [1.82, 2.24) is 0 Å². The summed E-state index contributed by atoms with van der Waals surface area (Å²) in [6, 6.07) is 2.33. The van der Waals surface area contributed by atoms with Crippen LogP contribution in [0.2, 0.25) is 5.02 Å². The molecule has 0 radical (unpaired) electrons. The molecule has 2 atom stereocenters. The first-order valence-corrected chi connectivity index (χ1v) is 5.93. The van der Waals surface area contributed by atoms with Crippen LogP contribution in [0.1, 0.15) is 0 Å². The Balaban J connectivity index is 2.81. The molecular formula is C9H9ClFNO3S. The molecular weight excluding hydrogens is 257 g/mol. The van der Waals surface area contributed by atoms with Crippen LogP contribution in [0.4, 0.5) is 4.39 Å². The second-order valence-electron chi connectivity index (χ2n) is 3.03. The molecule has 7 heteroatoms. The van der Waals surface area contributed by atoms with Crippen LogP contribution in [0.25, 0.3) is 0 Å². The molecule has 0 spiro atoms. The molecule has 1 aromatic rings. The fourth-order valence-corrected chi connectivity index (χ4v) is 2.32. The third kappa shape index (κ3) is 3.26. The monoisotopic (exact) mass is 265 g/mol. The maximum absolute atomic E-state index is 12.8. The molecule has 1 aromatic carbocycles. The lowest BCUT2D eigenvalue weighted by atomic mass is 10.3. The normalized spacial score (nSPS) is 14.4. The van der Waals surface area contributed by atoms with Gasteiger partial charge in [-0.25, -0.2) is 4.39 Å². The molecule has 0 saturated heterocycles. The molecule has 0 fully saturated rings. The van der Waals surface area contributed by atoms with Gasteiger partial charge >= 0.3 is 5.97 Å². The molecule has 0 aliphatic carbocycles. The molecule has 1 rings (SSSR count). The number of benzene rings is 1. The lowest BCUT2D eigenvalue weighted by Gasteiger charge is -2.06. The Morgan fingerprint density at radius 3 is 2.75 bits per heavy atom. The average Bonchev–Trinajstić information content (AvgIpc) is 2.21. The van der Waals surface area contributed by atoms with E-state index in [1.807, 2.05) is 0 Å². The van der Waals surface area contributed by atoms with E-state index in [1.54, 1.807) is 0 Å². The number of halogens is 2. The van der Waals surface area contributed by atoms with E-state index in [4.69, 9.17) is 22.4 Å². The smallest absolute Gasteiger partial charge is 0.321 e. The molecule has 0 aliphatic heterocycles. The Morgan fingerprint density at radius 1 is 1.62 bits per heavy atom. The fraction of sp³-hybridized carbons (Fsp3) is 0.222. The molecule has 3 N–H and O–H groups in total. The van der Waals surface area contributed by atoms with Gasteiger partial charge in [-0.15, -0.1) is 0 Å². The maximum Gasteiger partial charge on any atom is 0.321 e. The molecule has 0 aromatic heterocycles. The van der Waals surface area contributed by atoms with Crippen molar-refractivity contribution >= 4 is 28.4 Å². The SMILES string of the molecule is NC(CS(=O)c1ccc(F)c(Cl)c1)C(=O)O. The number of rotatable bonds is 4. The van der Waals surface area contributed by atoms with Crippen molar-refractivity contribution in [3.63, 3.8) is 0 Å². The van der Waals surface area contributed by atoms with E-state index >= 15 is 0 Å². The third-order valence-corrected chi connectivity index (χ3v) is 3.53.